The van der Waals surface area contributed by atoms with E-state index in [-0.39, 0.29) is 0 Å². The summed E-state index contributed by atoms with van der Waals surface area (Å²) >= 11 is 0. The van der Waals surface area contributed by atoms with E-state index >= 15 is 0 Å². The molecule has 3 heteroatoms. The zero-order valence-electron chi connectivity index (χ0n) is 11.1. The van der Waals surface area contributed by atoms with Crippen LogP contribution in [0.5, 0.6) is 0 Å². The molecule has 4 N–H and O–H groups in total. The largest absolute Gasteiger partial charge is 0.330 e. The van der Waals surface area contributed by atoms with Crippen LogP contribution in [-0.2, 0) is 0 Å². The molecule has 0 radical (unpaired) electrons. The standard InChI is InChI=1S/C13H31N3/c1-2-3-4-7-11-16(13-10-15)12-8-5-6-9-14/h2-15H2,1H3. The molecule has 0 aromatic heterocycles. The van der Waals surface area contributed by atoms with Crippen LogP contribution in [0.25, 0.3) is 0 Å². The zero-order valence-corrected chi connectivity index (χ0v) is 11.1. The van der Waals surface area contributed by atoms with Crippen molar-refractivity contribution in [1.82, 2.24) is 4.90 Å². The van der Waals surface area contributed by atoms with Crippen molar-refractivity contribution in [3.63, 3.8) is 0 Å². The molecule has 0 aliphatic heterocycles. The summed E-state index contributed by atoms with van der Waals surface area (Å²) in [6.07, 6.45) is 9.05. The minimum Gasteiger partial charge on any atom is -0.330 e. The van der Waals surface area contributed by atoms with Gasteiger partial charge >= 0.3 is 0 Å². The Morgan fingerprint density at radius 3 is 1.81 bits per heavy atom. The highest BCUT2D eigenvalue weighted by molar-refractivity contribution is 4.59. The topological polar surface area (TPSA) is 55.3 Å². The Kier molecular flexibility index (Phi) is 12.9. The van der Waals surface area contributed by atoms with E-state index in [1.807, 2.05) is 0 Å². The van der Waals surface area contributed by atoms with Crippen molar-refractivity contribution >= 4 is 0 Å². The van der Waals surface area contributed by atoms with Gasteiger partial charge in [-0.3, -0.25) is 0 Å². The Hall–Kier alpha value is -0.120. The predicted octanol–water partition coefficient (Wildman–Crippen LogP) is 1.96. The number of nitrogens with zero attached hydrogens (tertiary/aromatic N) is 1. The summed E-state index contributed by atoms with van der Waals surface area (Å²) in [5.41, 5.74) is 11.1. The van der Waals surface area contributed by atoms with Crippen LogP contribution in [0.3, 0.4) is 0 Å². The first kappa shape index (κ1) is 15.9. The van der Waals surface area contributed by atoms with Gasteiger partial charge in [0.15, 0.2) is 0 Å². The number of unbranched alkanes of at least 4 members (excludes halogenated alkanes) is 5. The van der Waals surface area contributed by atoms with Crippen LogP contribution < -0.4 is 11.5 Å². The second kappa shape index (κ2) is 12.9. The summed E-state index contributed by atoms with van der Waals surface area (Å²) in [5, 5.41) is 0. The smallest absolute Gasteiger partial charge is 0.0105 e. The lowest BCUT2D eigenvalue weighted by Gasteiger charge is -2.21. The minimum atomic E-state index is 0.782. The minimum absolute atomic E-state index is 0.782. The first-order valence-corrected chi connectivity index (χ1v) is 6.97. The van der Waals surface area contributed by atoms with Crippen LogP contribution in [0.1, 0.15) is 51.9 Å². The molecule has 16 heavy (non-hydrogen) atoms. The van der Waals surface area contributed by atoms with Crippen molar-refractivity contribution in [3.05, 3.63) is 0 Å². The van der Waals surface area contributed by atoms with Gasteiger partial charge in [-0.05, 0) is 38.9 Å². The second-order valence-corrected chi connectivity index (χ2v) is 4.54. The van der Waals surface area contributed by atoms with Crippen molar-refractivity contribution in [3.8, 4) is 0 Å². The van der Waals surface area contributed by atoms with Gasteiger partial charge < -0.3 is 16.4 Å². The van der Waals surface area contributed by atoms with E-state index < -0.39 is 0 Å². The summed E-state index contributed by atoms with van der Waals surface area (Å²) in [4.78, 5) is 2.51. The fraction of sp³-hybridized carbons (Fsp3) is 1.00. The summed E-state index contributed by atoms with van der Waals surface area (Å²) < 4.78 is 0. The maximum Gasteiger partial charge on any atom is 0.0105 e. The summed E-state index contributed by atoms with van der Waals surface area (Å²) in [5.74, 6) is 0. The SMILES string of the molecule is CCCCCCN(CCN)CCCCCN. The molecule has 3 nitrogen and oxygen atoms in total. The first-order valence-electron chi connectivity index (χ1n) is 6.97. The van der Waals surface area contributed by atoms with Crippen LogP contribution in [-0.4, -0.2) is 37.6 Å². The van der Waals surface area contributed by atoms with Crippen LogP contribution in [0, 0.1) is 0 Å². The quantitative estimate of drug-likeness (QED) is 0.503. The van der Waals surface area contributed by atoms with Crippen LogP contribution >= 0.6 is 0 Å². The molecule has 0 aliphatic carbocycles. The van der Waals surface area contributed by atoms with Crippen molar-refractivity contribution in [2.75, 3.05) is 32.7 Å². The van der Waals surface area contributed by atoms with Gasteiger partial charge in [0.05, 0.1) is 0 Å². The average molecular weight is 229 g/mol. The van der Waals surface area contributed by atoms with Gasteiger partial charge in [-0.15, -0.1) is 0 Å². The fourth-order valence-electron chi connectivity index (χ4n) is 1.94. The van der Waals surface area contributed by atoms with Gasteiger partial charge in [-0.25, -0.2) is 0 Å². The molecule has 0 spiro atoms. The molecule has 98 valence electrons. The third kappa shape index (κ3) is 10.4. The molecule has 0 aromatic rings. The molecule has 0 heterocycles. The highest BCUT2D eigenvalue weighted by Crippen LogP contribution is 2.03. The summed E-state index contributed by atoms with van der Waals surface area (Å²) in [6, 6.07) is 0. The summed E-state index contributed by atoms with van der Waals surface area (Å²) in [7, 11) is 0. The highest BCUT2D eigenvalue weighted by Gasteiger charge is 2.02. The van der Waals surface area contributed by atoms with E-state index in [1.165, 1.54) is 51.6 Å². The number of hydrogen-bond donors (Lipinski definition) is 2. The van der Waals surface area contributed by atoms with Gasteiger partial charge in [-0.2, -0.15) is 0 Å². The van der Waals surface area contributed by atoms with Crippen LogP contribution in [0.2, 0.25) is 0 Å². The molecular weight excluding hydrogens is 198 g/mol. The monoisotopic (exact) mass is 229 g/mol. The average Bonchev–Trinajstić information content (AvgIpc) is 2.30. The van der Waals surface area contributed by atoms with Gasteiger partial charge in [-0.1, -0.05) is 32.6 Å². The number of nitrogens with two attached hydrogens (primary N) is 2. The van der Waals surface area contributed by atoms with Gasteiger partial charge in [0.1, 0.15) is 0 Å². The molecule has 0 aromatic carbocycles. The van der Waals surface area contributed by atoms with Crippen LogP contribution in [0.4, 0.5) is 0 Å². The Balaban J connectivity index is 3.45. The second-order valence-electron chi connectivity index (χ2n) is 4.54. The van der Waals surface area contributed by atoms with Crippen molar-refractivity contribution in [2.24, 2.45) is 11.5 Å². The Morgan fingerprint density at radius 2 is 1.31 bits per heavy atom. The van der Waals surface area contributed by atoms with E-state index in [1.54, 1.807) is 0 Å². The molecule has 0 amide bonds. The molecule has 0 unspecified atom stereocenters. The normalized spacial score (nSPS) is 11.2. The van der Waals surface area contributed by atoms with Gasteiger partial charge in [0.25, 0.3) is 0 Å². The molecule has 0 fully saturated rings. The Morgan fingerprint density at radius 1 is 0.688 bits per heavy atom. The first-order chi connectivity index (χ1) is 7.85. The molecule has 0 bridgehead atoms. The lowest BCUT2D eigenvalue weighted by molar-refractivity contribution is 0.268. The van der Waals surface area contributed by atoms with Crippen molar-refractivity contribution in [1.29, 1.82) is 0 Å². The maximum absolute atomic E-state index is 5.63. The molecule has 0 atom stereocenters. The predicted molar refractivity (Wildman–Crippen MR) is 72.5 cm³/mol. The van der Waals surface area contributed by atoms with E-state index in [2.05, 4.69) is 11.8 Å². The number of rotatable bonds is 12. The van der Waals surface area contributed by atoms with Crippen molar-refractivity contribution in [2.45, 2.75) is 51.9 Å². The molecule has 0 saturated carbocycles. The third-order valence-corrected chi connectivity index (χ3v) is 2.95. The number of hydrogen-bond acceptors (Lipinski definition) is 3. The zero-order chi connectivity index (χ0) is 12.1. The molecule has 0 rings (SSSR count). The fourth-order valence-corrected chi connectivity index (χ4v) is 1.94. The van der Waals surface area contributed by atoms with E-state index in [9.17, 15) is 0 Å². The Labute approximate surface area is 102 Å². The molecular formula is C13H31N3. The van der Waals surface area contributed by atoms with E-state index in [0.29, 0.717) is 0 Å². The lowest BCUT2D eigenvalue weighted by atomic mass is 10.2. The van der Waals surface area contributed by atoms with E-state index in [0.717, 1.165) is 26.1 Å². The van der Waals surface area contributed by atoms with E-state index in [4.69, 9.17) is 11.5 Å². The molecule has 0 saturated heterocycles. The summed E-state index contributed by atoms with van der Waals surface area (Å²) in [6.45, 7) is 7.33. The van der Waals surface area contributed by atoms with Crippen LogP contribution in [0.15, 0.2) is 0 Å². The highest BCUT2D eigenvalue weighted by atomic mass is 15.1. The lowest BCUT2D eigenvalue weighted by Crippen LogP contribution is -2.31. The Bertz CT molecular complexity index is 116. The van der Waals surface area contributed by atoms with Gasteiger partial charge in [0.2, 0.25) is 0 Å². The maximum atomic E-state index is 5.63. The van der Waals surface area contributed by atoms with Crippen molar-refractivity contribution < 1.29 is 0 Å². The molecule has 0 aliphatic rings. The third-order valence-electron chi connectivity index (χ3n) is 2.95. The van der Waals surface area contributed by atoms with Gasteiger partial charge in [0, 0.05) is 13.1 Å².